The summed E-state index contributed by atoms with van der Waals surface area (Å²) < 4.78 is 35.4. The molecule has 0 aliphatic carbocycles. The average Bonchev–Trinajstić information content (AvgIpc) is 3.20. The highest BCUT2D eigenvalue weighted by atomic mass is 35.5. The number of rotatable bonds is 7. The van der Waals surface area contributed by atoms with Crippen LogP contribution in [-0.2, 0) is 4.79 Å². The van der Waals surface area contributed by atoms with Crippen molar-refractivity contribution < 1.29 is 18.3 Å². The number of fused-ring (bicyclic) bond motifs is 2. The number of hydrogen-bond acceptors (Lipinski definition) is 8. The lowest BCUT2D eigenvalue weighted by Gasteiger charge is -2.14. The average molecular weight is 491 g/mol. The maximum atomic E-state index is 15.8. The van der Waals surface area contributed by atoms with Crippen molar-refractivity contribution in [1.29, 1.82) is 0 Å². The summed E-state index contributed by atoms with van der Waals surface area (Å²) in [6.45, 7) is 3.94. The van der Waals surface area contributed by atoms with Crippen LogP contribution in [0.15, 0.2) is 30.9 Å². The Hall–Kier alpha value is -3.57. The van der Waals surface area contributed by atoms with E-state index in [0.717, 1.165) is 17.4 Å². The van der Waals surface area contributed by atoms with Gasteiger partial charge in [-0.2, -0.15) is 9.97 Å². The van der Waals surface area contributed by atoms with Gasteiger partial charge in [0.1, 0.15) is 17.2 Å². The Bertz CT molecular complexity index is 1410. The first-order chi connectivity index (χ1) is 15.8. The fraction of sp³-hybridized carbons (Fsp3) is 0.143. The van der Waals surface area contributed by atoms with E-state index in [0.29, 0.717) is 5.39 Å². The topological polar surface area (TPSA) is 115 Å². The summed E-state index contributed by atoms with van der Waals surface area (Å²) in [6, 6.07) is 4.03. The van der Waals surface area contributed by atoms with Crippen molar-refractivity contribution in [2.45, 2.75) is 0 Å². The fourth-order valence-electron chi connectivity index (χ4n) is 3.28. The fourth-order valence-corrected chi connectivity index (χ4v) is 4.34. The maximum Gasteiger partial charge on any atom is 0.318 e. The number of halogens is 3. The van der Waals surface area contributed by atoms with Gasteiger partial charge in [0.2, 0.25) is 5.91 Å². The molecule has 8 nitrogen and oxygen atoms in total. The predicted molar refractivity (Wildman–Crippen MR) is 126 cm³/mol. The number of aromatic nitrogens is 3. The molecule has 0 radical (unpaired) electrons. The van der Waals surface area contributed by atoms with Crippen LogP contribution in [0, 0.1) is 11.6 Å². The number of amides is 1. The van der Waals surface area contributed by atoms with Gasteiger partial charge in [0.15, 0.2) is 10.9 Å². The van der Waals surface area contributed by atoms with E-state index in [-0.39, 0.29) is 67.8 Å². The maximum absolute atomic E-state index is 15.8. The second-order valence-electron chi connectivity index (χ2n) is 6.75. The number of nitrogens with zero attached hydrogens (tertiary/aromatic N) is 3. The molecule has 2 heterocycles. The van der Waals surface area contributed by atoms with Gasteiger partial charge in [0.25, 0.3) is 0 Å². The van der Waals surface area contributed by atoms with E-state index in [4.69, 9.17) is 22.1 Å². The van der Waals surface area contributed by atoms with Crippen LogP contribution >= 0.6 is 22.9 Å². The van der Waals surface area contributed by atoms with Crippen molar-refractivity contribution in [2.75, 3.05) is 31.2 Å². The highest BCUT2D eigenvalue weighted by Crippen LogP contribution is 2.42. The molecule has 33 heavy (non-hydrogen) atoms. The molecule has 0 aliphatic rings. The van der Waals surface area contributed by atoms with Crippen molar-refractivity contribution >= 4 is 60.9 Å². The second kappa shape index (κ2) is 9.12. The van der Waals surface area contributed by atoms with Crippen molar-refractivity contribution in [2.24, 2.45) is 0 Å². The molecule has 4 N–H and O–H groups in total. The quantitative estimate of drug-likeness (QED) is 0.263. The molecule has 1 amide bonds. The molecular weight excluding hydrogens is 474 g/mol. The molecule has 0 fully saturated rings. The van der Waals surface area contributed by atoms with Gasteiger partial charge < -0.3 is 21.1 Å². The minimum absolute atomic E-state index is 0.00409. The normalized spacial score (nSPS) is 11.0. The Balaban J connectivity index is 1.84. The molecule has 2 aromatic carbocycles. The van der Waals surface area contributed by atoms with E-state index in [1.54, 1.807) is 0 Å². The predicted octanol–water partition coefficient (Wildman–Crippen LogP) is 4.14. The highest BCUT2D eigenvalue weighted by molar-refractivity contribution is 7.22. The third kappa shape index (κ3) is 4.24. The van der Waals surface area contributed by atoms with E-state index in [1.165, 1.54) is 25.3 Å². The van der Waals surface area contributed by atoms with Crippen LogP contribution in [0.4, 0.5) is 19.7 Å². The van der Waals surface area contributed by atoms with E-state index in [2.05, 4.69) is 32.2 Å². The largest absolute Gasteiger partial charge is 0.467 e. The molecule has 0 saturated heterocycles. The summed E-state index contributed by atoms with van der Waals surface area (Å²) in [6.07, 6.45) is 1.15. The van der Waals surface area contributed by atoms with Gasteiger partial charge >= 0.3 is 6.01 Å². The first-order valence-electron chi connectivity index (χ1n) is 9.56. The first-order valence-corrected chi connectivity index (χ1v) is 10.8. The van der Waals surface area contributed by atoms with Crippen LogP contribution in [0.25, 0.3) is 32.2 Å². The lowest BCUT2D eigenvalue weighted by atomic mass is 10.0. The number of carbonyl (C=O) groups excluding carboxylic acids is 1. The highest BCUT2D eigenvalue weighted by Gasteiger charge is 2.23. The van der Waals surface area contributed by atoms with E-state index >= 15 is 4.39 Å². The Morgan fingerprint density at radius 3 is 2.79 bits per heavy atom. The van der Waals surface area contributed by atoms with Crippen LogP contribution in [0.5, 0.6) is 6.01 Å². The molecular formula is C21H17ClF2N6O2S. The lowest BCUT2D eigenvalue weighted by molar-refractivity contribution is -0.116. The Morgan fingerprint density at radius 1 is 1.27 bits per heavy atom. The number of nitrogens with one attached hydrogen (secondary N) is 2. The third-order valence-electron chi connectivity index (χ3n) is 4.73. The summed E-state index contributed by atoms with van der Waals surface area (Å²) in [5.74, 6) is -1.33. The number of hydrogen-bond donors (Lipinski definition) is 3. The number of thiazole rings is 1. The van der Waals surface area contributed by atoms with E-state index in [1.807, 2.05) is 0 Å². The van der Waals surface area contributed by atoms with E-state index in [9.17, 15) is 9.18 Å². The Kier molecular flexibility index (Phi) is 6.25. The molecule has 4 rings (SSSR count). The van der Waals surface area contributed by atoms with Crippen LogP contribution in [0.1, 0.15) is 0 Å². The number of ether oxygens (including phenoxy) is 1. The number of nitrogens with two attached hydrogens (primary N) is 1. The van der Waals surface area contributed by atoms with Crippen molar-refractivity contribution in [1.82, 2.24) is 20.3 Å². The van der Waals surface area contributed by atoms with E-state index < -0.39 is 11.6 Å². The SMILES string of the molecule is C=CC(=O)NCCNc1nc(OC)nc2c(F)c(-c3ccc(F)c4sc(N)nc34)c(Cl)cc12. The summed E-state index contributed by atoms with van der Waals surface area (Å²) in [5, 5.41) is 6.13. The number of methoxy groups -OCH3 is 1. The van der Waals surface area contributed by atoms with Gasteiger partial charge in [-0.15, -0.1) is 0 Å². The van der Waals surface area contributed by atoms with Gasteiger partial charge in [0, 0.05) is 29.6 Å². The molecule has 0 spiro atoms. The number of nitrogen functional groups attached to an aromatic ring is 1. The van der Waals surface area contributed by atoms with Crippen LogP contribution in [0.3, 0.4) is 0 Å². The zero-order valence-electron chi connectivity index (χ0n) is 17.2. The first kappa shape index (κ1) is 22.6. The molecule has 170 valence electrons. The van der Waals surface area contributed by atoms with Gasteiger partial charge in [-0.05, 0) is 24.3 Å². The Morgan fingerprint density at radius 2 is 2.06 bits per heavy atom. The smallest absolute Gasteiger partial charge is 0.318 e. The van der Waals surface area contributed by atoms with Crippen molar-refractivity contribution in [3.05, 3.63) is 47.5 Å². The molecule has 0 saturated carbocycles. The Labute approximate surface area is 195 Å². The van der Waals surface area contributed by atoms with Gasteiger partial charge in [-0.3, -0.25) is 4.79 Å². The molecule has 0 atom stereocenters. The molecule has 12 heteroatoms. The molecule has 0 bridgehead atoms. The molecule has 0 unspecified atom stereocenters. The van der Waals surface area contributed by atoms with Gasteiger partial charge in [-0.1, -0.05) is 29.5 Å². The minimum Gasteiger partial charge on any atom is -0.467 e. The summed E-state index contributed by atoms with van der Waals surface area (Å²) >= 11 is 7.45. The minimum atomic E-state index is -0.749. The zero-order chi connectivity index (χ0) is 23.7. The number of anilines is 2. The van der Waals surface area contributed by atoms with Crippen molar-refractivity contribution in [3.8, 4) is 17.1 Å². The van der Waals surface area contributed by atoms with Crippen LogP contribution < -0.4 is 21.1 Å². The van der Waals surface area contributed by atoms with Gasteiger partial charge in [-0.25, -0.2) is 13.8 Å². The van der Waals surface area contributed by atoms with Gasteiger partial charge in [0.05, 0.1) is 22.3 Å². The third-order valence-corrected chi connectivity index (χ3v) is 5.92. The summed E-state index contributed by atoms with van der Waals surface area (Å²) in [4.78, 5) is 23.8. The second-order valence-corrected chi connectivity index (χ2v) is 8.19. The monoisotopic (exact) mass is 490 g/mol. The molecule has 2 aromatic heterocycles. The van der Waals surface area contributed by atoms with Crippen molar-refractivity contribution in [3.63, 3.8) is 0 Å². The number of carbonyl (C=O) groups is 1. The van der Waals surface area contributed by atoms with Crippen LogP contribution in [0.2, 0.25) is 5.02 Å². The lowest BCUT2D eigenvalue weighted by Crippen LogP contribution is -2.27. The molecule has 4 aromatic rings. The number of benzene rings is 2. The van der Waals surface area contributed by atoms with Crippen LogP contribution in [-0.4, -0.2) is 41.1 Å². The summed E-state index contributed by atoms with van der Waals surface area (Å²) in [7, 11) is 1.35. The standard InChI is InChI=1S/C21H17ClF2N6O2S/c1-3-13(31)26-6-7-27-19-10-8-11(22)14(15(24)16(10)29-21(30-19)32-2)9-4-5-12(23)18-17(9)28-20(25)33-18/h3-5,8H,1,6-7H2,2H3,(H2,25,28)(H,26,31)(H,27,29,30). The molecule has 0 aliphatic heterocycles. The zero-order valence-corrected chi connectivity index (χ0v) is 18.8. The summed E-state index contributed by atoms with van der Waals surface area (Å²) in [5.41, 5.74) is 6.19.